The number of aryl methyl sites for hydroxylation is 1. The van der Waals surface area contributed by atoms with Gasteiger partial charge in [-0.05, 0) is 86.1 Å². The number of fused-ring (bicyclic) bond motifs is 2. The maximum atomic E-state index is 13.4. The third kappa shape index (κ3) is 6.80. The minimum atomic E-state index is -1.01. The Kier molecular flexibility index (Phi) is 9.73. The van der Waals surface area contributed by atoms with Gasteiger partial charge in [0.15, 0.2) is 5.65 Å². The zero-order valence-corrected chi connectivity index (χ0v) is 34.9. The van der Waals surface area contributed by atoms with Gasteiger partial charge >= 0.3 is 0 Å². The molecule has 6 amide bonds. The number of H-pyrrole nitrogens is 1. The number of imide groups is 2. The van der Waals surface area contributed by atoms with E-state index in [0.717, 1.165) is 83.1 Å². The Bertz CT molecular complexity index is 2690. The highest BCUT2D eigenvalue weighted by molar-refractivity contribution is 6.23. The summed E-state index contributed by atoms with van der Waals surface area (Å²) in [5.41, 5.74) is 9.35. The molecular weight excluding hydrogens is 787 g/mol. The highest BCUT2D eigenvalue weighted by Crippen LogP contribution is 2.36. The van der Waals surface area contributed by atoms with Crippen LogP contribution in [0, 0.1) is 12.8 Å². The van der Waals surface area contributed by atoms with Crippen molar-refractivity contribution < 1.29 is 28.8 Å². The normalized spacial score (nSPS) is 20.0. The third-order valence-corrected chi connectivity index (χ3v) is 13.5. The van der Waals surface area contributed by atoms with Crippen LogP contribution in [0.2, 0.25) is 0 Å². The molecule has 0 bridgehead atoms. The Hall–Kier alpha value is -6.74. The minimum absolute atomic E-state index is 0.0241. The molecule has 4 saturated heterocycles. The summed E-state index contributed by atoms with van der Waals surface area (Å²) in [6.45, 7) is 6.45. The lowest BCUT2D eigenvalue weighted by Gasteiger charge is -2.50. The zero-order valence-electron chi connectivity index (χ0n) is 34.9. The molecule has 10 rings (SSSR count). The van der Waals surface area contributed by atoms with Gasteiger partial charge in [-0.3, -0.25) is 43.9 Å². The second kappa shape index (κ2) is 15.3. The summed E-state index contributed by atoms with van der Waals surface area (Å²) in [6, 6.07) is 19.0. The lowest BCUT2D eigenvalue weighted by Crippen LogP contribution is -2.65. The van der Waals surface area contributed by atoms with Gasteiger partial charge in [0.05, 0.1) is 28.9 Å². The molecule has 5 aromatic rings. The van der Waals surface area contributed by atoms with E-state index < -0.39 is 29.7 Å². The third-order valence-electron chi connectivity index (χ3n) is 13.5. The van der Waals surface area contributed by atoms with Crippen molar-refractivity contribution in [3.8, 4) is 22.4 Å². The van der Waals surface area contributed by atoms with E-state index in [1.807, 2.05) is 41.1 Å². The molecule has 2 N–H and O–H groups in total. The Morgan fingerprint density at radius 1 is 0.806 bits per heavy atom. The van der Waals surface area contributed by atoms with E-state index in [0.29, 0.717) is 36.3 Å². The lowest BCUT2D eigenvalue weighted by atomic mass is 9.87. The summed E-state index contributed by atoms with van der Waals surface area (Å²) in [7, 11) is 3.51. The van der Waals surface area contributed by atoms with Crippen LogP contribution < -0.4 is 10.2 Å². The van der Waals surface area contributed by atoms with Gasteiger partial charge in [0.25, 0.3) is 17.7 Å². The molecular formula is C47H47N9O6. The topological polar surface area (TPSA) is 172 Å². The molecule has 316 valence electrons. The fourth-order valence-electron chi connectivity index (χ4n) is 9.71. The van der Waals surface area contributed by atoms with Gasteiger partial charge in [0.2, 0.25) is 17.7 Å². The van der Waals surface area contributed by atoms with Gasteiger partial charge in [-0.1, -0.05) is 36.4 Å². The Morgan fingerprint density at radius 2 is 1.53 bits per heavy atom. The number of nitrogens with one attached hydrogen (secondary N) is 2. The number of likely N-dealkylation sites (tertiary alicyclic amines) is 2. The number of aromatic amines is 1. The van der Waals surface area contributed by atoms with Crippen LogP contribution >= 0.6 is 0 Å². The molecule has 0 spiro atoms. The first-order valence-electron chi connectivity index (χ1n) is 21.3. The maximum absolute atomic E-state index is 13.4. The van der Waals surface area contributed by atoms with Crippen molar-refractivity contribution in [1.82, 2.24) is 39.9 Å². The molecule has 0 aliphatic carbocycles. The van der Waals surface area contributed by atoms with E-state index in [1.54, 1.807) is 43.4 Å². The maximum Gasteiger partial charge on any atom is 0.262 e. The van der Waals surface area contributed by atoms with Crippen LogP contribution in [0.25, 0.3) is 33.5 Å². The van der Waals surface area contributed by atoms with Crippen LogP contribution in [-0.2, 0) is 14.4 Å². The van der Waals surface area contributed by atoms with Gasteiger partial charge in [0.1, 0.15) is 11.6 Å². The number of hydrogen-bond acceptors (Lipinski definition) is 10. The summed E-state index contributed by atoms with van der Waals surface area (Å²) >= 11 is 0. The van der Waals surface area contributed by atoms with E-state index in [2.05, 4.69) is 44.5 Å². The van der Waals surface area contributed by atoms with E-state index >= 15 is 0 Å². The standard InChI is InChI=1S/C47H47N9O6/c1-26-18-30(8-10-34(26)45(60)52(2)3)37-20-48-42-41(37)50-38(21-49-42)29-6-4-27(5-7-29)28-14-16-53(17-15-28)33-24-55(25-33)44(59)31-22-54(23-31)32-9-11-35-36(19-32)47(62)56(46(35)61)39-12-13-40(57)51-43(39)58/h4-11,18-21,28,31,33,39H,12-17,22-25H2,1-3H3,(H,48,49)(H,51,57,58). The molecule has 5 aliphatic rings. The van der Waals surface area contributed by atoms with Crippen molar-refractivity contribution in [3.63, 3.8) is 0 Å². The number of rotatable bonds is 8. The van der Waals surface area contributed by atoms with Crippen LogP contribution in [0.4, 0.5) is 5.69 Å². The van der Waals surface area contributed by atoms with Crippen molar-refractivity contribution in [2.75, 3.05) is 58.3 Å². The van der Waals surface area contributed by atoms with Crippen LogP contribution in [-0.4, -0.2) is 135 Å². The second-order valence-corrected chi connectivity index (χ2v) is 17.5. The number of aromatic nitrogens is 3. The highest BCUT2D eigenvalue weighted by Gasteiger charge is 2.46. The molecule has 5 aliphatic heterocycles. The van der Waals surface area contributed by atoms with Crippen LogP contribution in [0.15, 0.2) is 73.1 Å². The van der Waals surface area contributed by atoms with Crippen LogP contribution in [0.1, 0.15) is 73.8 Å². The molecule has 0 saturated carbocycles. The minimum Gasteiger partial charge on any atom is -0.370 e. The first-order valence-corrected chi connectivity index (χ1v) is 21.3. The molecule has 4 fully saturated rings. The molecule has 7 heterocycles. The average Bonchev–Trinajstić information content (AvgIpc) is 3.77. The molecule has 1 unspecified atom stereocenters. The van der Waals surface area contributed by atoms with Crippen molar-refractivity contribution in [3.05, 3.63) is 101 Å². The van der Waals surface area contributed by atoms with Gasteiger partial charge in [-0.15, -0.1) is 0 Å². The molecule has 0 radical (unpaired) electrons. The Labute approximate surface area is 358 Å². The average molecular weight is 834 g/mol. The zero-order chi connectivity index (χ0) is 43.0. The summed E-state index contributed by atoms with van der Waals surface area (Å²) in [5.74, 6) is -1.65. The number of piperidine rings is 2. The molecule has 15 nitrogen and oxygen atoms in total. The smallest absolute Gasteiger partial charge is 0.262 e. The van der Waals surface area contributed by atoms with Crippen molar-refractivity contribution in [1.29, 1.82) is 0 Å². The Balaban J connectivity index is 0.701. The number of anilines is 1. The van der Waals surface area contributed by atoms with Crippen LogP contribution in [0.3, 0.4) is 0 Å². The molecule has 2 aromatic heterocycles. The van der Waals surface area contributed by atoms with Crippen molar-refractivity contribution >= 4 is 52.3 Å². The largest absolute Gasteiger partial charge is 0.370 e. The van der Waals surface area contributed by atoms with Gasteiger partial charge in [0, 0.05) is 81.3 Å². The first-order chi connectivity index (χ1) is 29.9. The monoisotopic (exact) mass is 833 g/mol. The number of nitrogens with zero attached hydrogens (tertiary/aromatic N) is 7. The molecule has 1 atom stereocenters. The second-order valence-electron chi connectivity index (χ2n) is 17.5. The number of carbonyl (C=O) groups is 6. The van der Waals surface area contributed by atoms with Crippen LogP contribution in [0.5, 0.6) is 0 Å². The van der Waals surface area contributed by atoms with Crippen molar-refractivity contribution in [2.45, 2.75) is 50.6 Å². The number of amides is 6. The van der Waals surface area contributed by atoms with E-state index in [9.17, 15) is 28.8 Å². The SMILES string of the molecule is Cc1cc(-c2c[nH]c3ncc(-c4ccc(C5CCN(C6CN(C(=O)C7CN(c8ccc9c(c8)C(=O)N(C8CCC(=O)NC8=O)C9=O)C7)C6)CC5)cc4)nc23)ccc1C(=O)N(C)C. The summed E-state index contributed by atoms with van der Waals surface area (Å²) in [6.07, 6.45) is 6.01. The number of benzene rings is 3. The lowest BCUT2D eigenvalue weighted by molar-refractivity contribution is -0.144. The summed E-state index contributed by atoms with van der Waals surface area (Å²) < 4.78 is 0. The quantitative estimate of drug-likeness (QED) is 0.216. The predicted octanol–water partition coefficient (Wildman–Crippen LogP) is 4.23. The van der Waals surface area contributed by atoms with E-state index in [1.165, 1.54) is 5.56 Å². The summed E-state index contributed by atoms with van der Waals surface area (Å²) in [4.78, 5) is 98.5. The van der Waals surface area contributed by atoms with Crippen molar-refractivity contribution in [2.24, 2.45) is 5.92 Å². The molecule has 15 heteroatoms. The fraction of sp³-hybridized carbons (Fsp3) is 0.362. The molecule has 3 aromatic carbocycles. The fourth-order valence-corrected chi connectivity index (χ4v) is 9.71. The first kappa shape index (κ1) is 39.4. The Morgan fingerprint density at radius 3 is 2.24 bits per heavy atom. The van der Waals surface area contributed by atoms with Gasteiger partial charge in [-0.25, -0.2) is 9.97 Å². The molecule has 62 heavy (non-hydrogen) atoms. The highest BCUT2D eigenvalue weighted by atomic mass is 16.2. The van der Waals surface area contributed by atoms with Gasteiger partial charge < -0.3 is 19.7 Å². The summed E-state index contributed by atoms with van der Waals surface area (Å²) in [5, 5.41) is 2.22. The van der Waals surface area contributed by atoms with E-state index in [4.69, 9.17) is 4.98 Å². The van der Waals surface area contributed by atoms with Gasteiger partial charge in [-0.2, -0.15) is 0 Å². The number of hydrogen-bond donors (Lipinski definition) is 2. The number of carbonyl (C=O) groups excluding carboxylic acids is 6. The predicted molar refractivity (Wildman–Crippen MR) is 230 cm³/mol. The van der Waals surface area contributed by atoms with E-state index in [-0.39, 0.29) is 41.7 Å².